The SMILES string of the molecule is Nc1ccc(CC(COC(=O)/C=C/c2ccc(OC(F)(F)c3ccc(OCCCC(F)(F)F)cc3F)cc2)(COC(=O)/C=C/c2ccc(OC(F)(F)c3ccc(OCCCC(F)(F)F)cc3F)cc2)Cc2ccc(N)cc2)cc1. The molecule has 420 valence electrons. The van der Waals surface area contributed by atoms with E-state index in [1.54, 1.807) is 48.5 Å². The molecule has 0 aliphatic carbocycles. The summed E-state index contributed by atoms with van der Waals surface area (Å²) in [5, 5.41) is 0. The Morgan fingerprint density at radius 3 is 1.13 bits per heavy atom. The molecule has 0 spiro atoms. The second-order valence-corrected chi connectivity index (χ2v) is 18.0. The normalized spacial score (nSPS) is 12.4. The van der Waals surface area contributed by atoms with Gasteiger partial charge in [0.1, 0.15) is 59.0 Å². The van der Waals surface area contributed by atoms with E-state index in [-0.39, 0.29) is 49.1 Å². The summed E-state index contributed by atoms with van der Waals surface area (Å²) in [6.07, 6.45) is -15.2. The quantitative estimate of drug-likeness (QED) is 0.0177. The number of hydrogen-bond donors (Lipinski definition) is 2. The van der Waals surface area contributed by atoms with Crippen molar-refractivity contribution in [3.63, 3.8) is 0 Å². The van der Waals surface area contributed by atoms with Crippen LogP contribution in [0, 0.1) is 17.0 Å². The Morgan fingerprint density at radius 1 is 0.456 bits per heavy atom. The second kappa shape index (κ2) is 26.4. The van der Waals surface area contributed by atoms with Crippen LogP contribution in [0.15, 0.2) is 146 Å². The Labute approximate surface area is 445 Å². The predicted molar refractivity (Wildman–Crippen MR) is 268 cm³/mol. The van der Waals surface area contributed by atoms with E-state index >= 15 is 17.6 Å². The number of benzene rings is 6. The summed E-state index contributed by atoms with van der Waals surface area (Å²) in [6, 6.07) is 28.0. The molecule has 0 bridgehead atoms. The van der Waals surface area contributed by atoms with Gasteiger partial charge in [0.05, 0.1) is 13.2 Å². The highest BCUT2D eigenvalue weighted by Gasteiger charge is 2.40. The maximum absolute atomic E-state index is 15.1. The number of halogens is 12. The number of carbonyl (C=O) groups is 2. The standard InChI is InChI=1S/C57H50F12N2O8/c58-49-31-45(74-29-1-27-54(60,61)62)21-23-47(49)56(66,67)78-43-17-7-37(8-18-43)11-25-51(72)76-35-53(33-39-3-13-41(70)14-4-39,34-40-5-15-42(71)16-6-40)36-77-52(73)26-12-38-9-19-44(20-10-38)79-57(68,69)48-24-22-46(32-50(48)59)75-30-2-28-55(63,64)65/h3-26,31-32H,1-2,27-30,33-36,70-71H2/b25-11+,26-12+. The highest BCUT2D eigenvalue weighted by Crippen LogP contribution is 2.37. The molecule has 0 fully saturated rings. The van der Waals surface area contributed by atoms with Crippen molar-refractivity contribution >= 4 is 35.5 Å². The lowest BCUT2D eigenvalue weighted by Gasteiger charge is -2.33. The Morgan fingerprint density at radius 2 is 0.797 bits per heavy atom. The summed E-state index contributed by atoms with van der Waals surface area (Å²) < 4.78 is 195. The van der Waals surface area contributed by atoms with E-state index in [1.807, 2.05) is 0 Å². The van der Waals surface area contributed by atoms with Crippen LogP contribution >= 0.6 is 0 Å². The van der Waals surface area contributed by atoms with Crippen LogP contribution in [0.3, 0.4) is 0 Å². The number of carbonyl (C=O) groups excluding carboxylic acids is 2. The zero-order chi connectivity index (χ0) is 57.4. The van der Waals surface area contributed by atoms with Gasteiger partial charge in [0.15, 0.2) is 0 Å². The van der Waals surface area contributed by atoms with E-state index < -0.39 is 104 Å². The number of anilines is 2. The third-order valence-corrected chi connectivity index (χ3v) is 11.5. The van der Waals surface area contributed by atoms with Crippen molar-refractivity contribution in [3.8, 4) is 23.0 Å². The van der Waals surface area contributed by atoms with Crippen molar-refractivity contribution in [1.82, 2.24) is 0 Å². The average molecular weight is 1120 g/mol. The molecule has 0 radical (unpaired) electrons. The van der Waals surface area contributed by atoms with Gasteiger partial charge in [0.2, 0.25) is 0 Å². The first-order valence-corrected chi connectivity index (χ1v) is 24.0. The fourth-order valence-electron chi connectivity index (χ4n) is 7.59. The molecule has 4 N–H and O–H groups in total. The van der Waals surface area contributed by atoms with Gasteiger partial charge in [-0.05, 0) is 133 Å². The van der Waals surface area contributed by atoms with Gasteiger partial charge >= 0.3 is 36.5 Å². The molecule has 0 aliphatic rings. The molecule has 0 heterocycles. The first-order valence-electron chi connectivity index (χ1n) is 24.0. The number of nitrogen functional groups attached to an aromatic ring is 2. The first-order chi connectivity index (χ1) is 37.2. The molecule has 10 nitrogen and oxygen atoms in total. The van der Waals surface area contributed by atoms with Crippen LogP contribution in [0.4, 0.5) is 64.1 Å². The number of alkyl halides is 10. The molecule has 0 aromatic heterocycles. The van der Waals surface area contributed by atoms with Crippen LogP contribution in [0.5, 0.6) is 23.0 Å². The second-order valence-electron chi connectivity index (χ2n) is 18.0. The molecule has 0 amide bonds. The summed E-state index contributed by atoms with van der Waals surface area (Å²) in [4.78, 5) is 26.7. The highest BCUT2D eigenvalue weighted by atomic mass is 19.4. The fraction of sp³-hybridized carbons (Fsp3) is 0.263. The highest BCUT2D eigenvalue weighted by molar-refractivity contribution is 5.87. The summed E-state index contributed by atoms with van der Waals surface area (Å²) in [7, 11) is 0. The van der Waals surface area contributed by atoms with Gasteiger partial charge < -0.3 is 39.9 Å². The van der Waals surface area contributed by atoms with E-state index in [4.69, 9.17) is 39.9 Å². The number of esters is 2. The van der Waals surface area contributed by atoms with Crippen LogP contribution in [0.2, 0.25) is 0 Å². The first kappa shape index (κ1) is 59.9. The van der Waals surface area contributed by atoms with E-state index in [0.29, 0.717) is 46.8 Å². The Kier molecular flexibility index (Phi) is 20.0. The molecule has 6 aromatic carbocycles. The Hall–Kier alpha value is -8.30. The molecule has 6 rings (SSSR count). The summed E-state index contributed by atoms with van der Waals surface area (Å²) in [5.41, 5.74) is 11.5. The van der Waals surface area contributed by atoms with Crippen molar-refractivity contribution < 1.29 is 90.7 Å². The van der Waals surface area contributed by atoms with Crippen LogP contribution in [-0.4, -0.2) is 50.7 Å². The van der Waals surface area contributed by atoms with E-state index in [2.05, 4.69) is 0 Å². The van der Waals surface area contributed by atoms with Crippen molar-refractivity contribution in [3.05, 3.63) is 191 Å². The van der Waals surface area contributed by atoms with Crippen LogP contribution in [0.25, 0.3) is 12.2 Å². The molecule has 0 saturated heterocycles. The van der Waals surface area contributed by atoms with Crippen molar-refractivity contribution in [2.24, 2.45) is 5.41 Å². The van der Waals surface area contributed by atoms with Crippen molar-refractivity contribution in [2.45, 2.75) is 63.1 Å². The molecule has 0 saturated carbocycles. The van der Waals surface area contributed by atoms with Gasteiger partial charge in [-0.1, -0.05) is 48.5 Å². The Balaban J connectivity index is 1.09. The minimum Gasteiger partial charge on any atom is -0.493 e. The third-order valence-electron chi connectivity index (χ3n) is 11.5. The number of hydrogen-bond acceptors (Lipinski definition) is 10. The number of rotatable bonds is 26. The van der Waals surface area contributed by atoms with Crippen molar-refractivity contribution in [2.75, 3.05) is 37.9 Å². The van der Waals surface area contributed by atoms with Crippen LogP contribution in [-0.2, 0) is 44.1 Å². The van der Waals surface area contributed by atoms with Gasteiger partial charge in [0.25, 0.3) is 0 Å². The molecular formula is C57H50F12N2O8. The molecular weight excluding hydrogens is 1070 g/mol. The smallest absolute Gasteiger partial charge is 0.429 e. The molecule has 0 aliphatic heterocycles. The maximum Gasteiger partial charge on any atom is 0.429 e. The lowest BCUT2D eigenvalue weighted by Crippen LogP contribution is -2.38. The maximum atomic E-state index is 15.1. The van der Waals surface area contributed by atoms with Gasteiger partial charge in [-0.2, -0.15) is 43.9 Å². The lowest BCUT2D eigenvalue weighted by atomic mass is 9.77. The molecule has 0 atom stereocenters. The van der Waals surface area contributed by atoms with Crippen molar-refractivity contribution in [1.29, 1.82) is 0 Å². The minimum atomic E-state index is -4.42. The third kappa shape index (κ3) is 19.6. The minimum absolute atomic E-state index is 0.171. The van der Waals surface area contributed by atoms with E-state index in [0.717, 1.165) is 59.7 Å². The van der Waals surface area contributed by atoms with Gasteiger partial charge in [-0.25, -0.2) is 18.4 Å². The topological polar surface area (TPSA) is 142 Å². The number of nitrogens with two attached hydrogens (primary N) is 2. The summed E-state index contributed by atoms with van der Waals surface area (Å²) in [5.74, 6) is -5.83. The molecule has 6 aromatic rings. The molecule has 22 heteroatoms. The summed E-state index contributed by atoms with van der Waals surface area (Å²) in [6.45, 7) is -1.50. The lowest BCUT2D eigenvalue weighted by molar-refractivity contribution is -0.188. The van der Waals surface area contributed by atoms with Gasteiger partial charge in [0, 0.05) is 53.9 Å². The van der Waals surface area contributed by atoms with E-state index in [9.17, 15) is 44.7 Å². The Bertz CT molecular complexity index is 2820. The van der Waals surface area contributed by atoms with Crippen LogP contribution < -0.4 is 30.4 Å². The van der Waals surface area contributed by atoms with Gasteiger partial charge in [-0.3, -0.25) is 0 Å². The zero-order valence-corrected chi connectivity index (χ0v) is 41.5. The fourth-order valence-corrected chi connectivity index (χ4v) is 7.59. The predicted octanol–water partition coefficient (Wildman–Crippen LogP) is 14.1. The molecule has 79 heavy (non-hydrogen) atoms. The van der Waals surface area contributed by atoms with Gasteiger partial charge in [-0.15, -0.1) is 0 Å². The zero-order valence-electron chi connectivity index (χ0n) is 41.5. The van der Waals surface area contributed by atoms with Crippen LogP contribution in [0.1, 0.15) is 59.1 Å². The van der Waals surface area contributed by atoms with E-state index in [1.165, 1.54) is 36.4 Å². The average Bonchev–Trinajstić information content (AvgIpc) is 3.40. The number of ether oxygens (including phenoxy) is 6. The largest absolute Gasteiger partial charge is 0.493 e. The summed E-state index contributed by atoms with van der Waals surface area (Å²) >= 11 is 0. The molecule has 0 unspecified atom stereocenters. The monoisotopic (exact) mass is 1120 g/mol.